The minimum Gasteiger partial charge on any atom is -0.342 e. The van der Waals surface area contributed by atoms with Crippen molar-refractivity contribution in [3.05, 3.63) is 84.8 Å². The molecule has 1 unspecified atom stereocenters. The van der Waals surface area contributed by atoms with E-state index >= 15 is 0 Å². The first-order valence-corrected chi connectivity index (χ1v) is 11.0. The normalized spacial score (nSPS) is 12.3. The third-order valence-electron chi connectivity index (χ3n) is 4.55. The molecule has 1 aromatic heterocycles. The maximum absolute atomic E-state index is 12.8. The lowest BCUT2D eigenvalue weighted by Crippen LogP contribution is -2.29. The Kier molecular flexibility index (Phi) is 6.81. The molecule has 3 N–H and O–H groups in total. The second kappa shape index (κ2) is 9.51. The highest BCUT2D eigenvalue weighted by Crippen LogP contribution is 2.21. The summed E-state index contributed by atoms with van der Waals surface area (Å²) in [5.74, 6) is 0.265. The van der Waals surface area contributed by atoms with Crippen LogP contribution in [0.15, 0.2) is 78.3 Å². The van der Waals surface area contributed by atoms with E-state index in [1.807, 2.05) is 37.3 Å². The largest absolute Gasteiger partial charge is 0.342 e. The third kappa shape index (κ3) is 5.03. The molecule has 2 aromatic carbocycles. The van der Waals surface area contributed by atoms with E-state index in [1.165, 1.54) is 18.2 Å². The van der Waals surface area contributed by atoms with E-state index in [1.54, 1.807) is 18.3 Å². The molecule has 0 fully saturated rings. The summed E-state index contributed by atoms with van der Waals surface area (Å²) in [6, 6.07) is 15.4. The molecular formula is C22H24N4O3S. The lowest BCUT2D eigenvalue weighted by molar-refractivity contribution is 0.0933. The van der Waals surface area contributed by atoms with E-state index < -0.39 is 10.0 Å². The topological polar surface area (TPSA) is 104 Å². The Hall–Kier alpha value is -3.23. The zero-order valence-electron chi connectivity index (χ0n) is 16.6. The van der Waals surface area contributed by atoms with Crippen molar-refractivity contribution in [3.8, 4) is 11.3 Å². The van der Waals surface area contributed by atoms with Gasteiger partial charge in [0.1, 0.15) is 5.82 Å². The molecule has 0 aliphatic rings. The highest BCUT2D eigenvalue weighted by Gasteiger charge is 2.19. The van der Waals surface area contributed by atoms with Gasteiger partial charge in [-0.2, -0.15) is 0 Å². The van der Waals surface area contributed by atoms with Crippen molar-refractivity contribution >= 4 is 15.9 Å². The van der Waals surface area contributed by atoms with Gasteiger partial charge in [0.05, 0.1) is 22.8 Å². The molecule has 156 valence electrons. The number of sulfonamides is 1. The smallest absolute Gasteiger partial charge is 0.251 e. The molecule has 0 radical (unpaired) electrons. The number of aromatic amines is 1. The van der Waals surface area contributed by atoms with Crippen LogP contribution in [0, 0.1) is 0 Å². The van der Waals surface area contributed by atoms with Crippen LogP contribution in [-0.4, -0.2) is 30.8 Å². The minimum absolute atomic E-state index is 0.0226. The second-order valence-electron chi connectivity index (χ2n) is 6.65. The van der Waals surface area contributed by atoms with Gasteiger partial charge in [0, 0.05) is 12.1 Å². The molecule has 1 amide bonds. The molecule has 0 bridgehead atoms. The van der Waals surface area contributed by atoms with Gasteiger partial charge in [-0.05, 0) is 30.2 Å². The molecule has 0 saturated carbocycles. The number of imidazole rings is 1. The van der Waals surface area contributed by atoms with Gasteiger partial charge >= 0.3 is 0 Å². The quantitative estimate of drug-likeness (QED) is 0.458. The van der Waals surface area contributed by atoms with Crippen molar-refractivity contribution in [2.75, 3.05) is 6.54 Å². The first-order valence-electron chi connectivity index (χ1n) is 9.56. The summed E-state index contributed by atoms with van der Waals surface area (Å²) in [5.41, 5.74) is 2.12. The van der Waals surface area contributed by atoms with Gasteiger partial charge in [0.15, 0.2) is 0 Å². The van der Waals surface area contributed by atoms with Gasteiger partial charge in [-0.15, -0.1) is 6.58 Å². The molecule has 0 saturated heterocycles. The second-order valence-corrected chi connectivity index (χ2v) is 8.42. The highest BCUT2D eigenvalue weighted by molar-refractivity contribution is 7.89. The Bertz CT molecular complexity index is 1120. The predicted octanol–water partition coefficient (Wildman–Crippen LogP) is 3.42. The lowest BCUT2D eigenvalue weighted by Gasteiger charge is -2.15. The van der Waals surface area contributed by atoms with Crippen LogP contribution in [-0.2, 0) is 10.0 Å². The van der Waals surface area contributed by atoms with E-state index in [9.17, 15) is 13.2 Å². The van der Waals surface area contributed by atoms with Crippen LogP contribution in [0.5, 0.6) is 0 Å². The predicted molar refractivity (Wildman–Crippen MR) is 116 cm³/mol. The van der Waals surface area contributed by atoms with Crippen molar-refractivity contribution in [3.63, 3.8) is 0 Å². The van der Waals surface area contributed by atoms with Gasteiger partial charge < -0.3 is 10.3 Å². The molecule has 0 spiro atoms. The third-order valence-corrected chi connectivity index (χ3v) is 5.97. The van der Waals surface area contributed by atoms with Crippen LogP contribution >= 0.6 is 0 Å². The van der Waals surface area contributed by atoms with Gasteiger partial charge in [-0.1, -0.05) is 49.4 Å². The van der Waals surface area contributed by atoms with Crippen molar-refractivity contribution in [2.24, 2.45) is 0 Å². The Morgan fingerprint density at radius 2 is 1.97 bits per heavy atom. The van der Waals surface area contributed by atoms with Gasteiger partial charge in [-0.3, -0.25) is 4.79 Å². The molecule has 8 heteroatoms. The monoisotopic (exact) mass is 424 g/mol. The number of benzene rings is 2. The van der Waals surface area contributed by atoms with Crippen LogP contribution < -0.4 is 10.0 Å². The molecule has 3 aromatic rings. The maximum atomic E-state index is 12.8. The summed E-state index contributed by atoms with van der Waals surface area (Å²) in [4.78, 5) is 20.5. The number of hydrogen-bond donors (Lipinski definition) is 3. The van der Waals surface area contributed by atoms with E-state index in [2.05, 4.69) is 26.6 Å². The summed E-state index contributed by atoms with van der Waals surface area (Å²) < 4.78 is 27.0. The number of hydrogen-bond acceptors (Lipinski definition) is 4. The SMILES string of the molecule is C=CCNS(=O)(=O)c1cccc(C(=O)NC(CC)c2ncc(-c3ccccc3)[nH]2)c1. The summed E-state index contributed by atoms with van der Waals surface area (Å²) in [5, 5.41) is 2.92. The highest BCUT2D eigenvalue weighted by atomic mass is 32.2. The average Bonchev–Trinajstić information content (AvgIpc) is 3.26. The molecule has 3 rings (SSSR count). The Morgan fingerprint density at radius 3 is 2.67 bits per heavy atom. The first kappa shape index (κ1) is 21.5. The van der Waals surface area contributed by atoms with E-state index in [-0.39, 0.29) is 29.0 Å². The molecule has 7 nitrogen and oxygen atoms in total. The van der Waals surface area contributed by atoms with Gasteiger partial charge in [0.25, 0.3) is 5.91 Å². The van der Waals surface area contributed by atoms with Crippen LogP contribution in [0.3, 0.4) is 0 Å². The Morgan fingerprint density at radius 1 is 1.20 bits per heavy atom. The molecule has 0 aliphatic heterocycles. The van der Waals surface area contributed by atoms with Crippen LogP contribution in [0.2, 0.25) is 0 Å². The number of amides is 1. The number of rotatable bonds is 9. The van der Waals surface area contributed by atoms with Crippen molar-refractivity contribution in [1.82, 2.24) is 20.0 Å². The zero-order chi connectivity index (χ0) is 21.6. The van der Waals surface area contributed by atoms with Crippen molar-refractivity contribution < 1.29 is 13.2 Å². The number of carbonyl (C=O) groups excluding carboxylic acids is 1. The summed E-state index contributed by atoms with van der Waals surface area (Å²) in [7, 11) is -3.71. The number of carbonyl (C=O) groups is 1. The number of nitrogens with one attached hydrogen (secondary N) is 3. The van der Waals surface area contributed by atoms with Crippen LogP contribution in [0.1, 0.15) is 35.6 Å². The van der Waals surface area contributed by atoms with Crippen LogP contribution in [0.4, 0.5) is 0 Å². The first-order chi connectivity index (χ1) is 14.4. The fourth-order valence-electron chi connectivity index (χ4n) is 2.94. The fraction of sp³-hybridized carbons (Fsp3) is 0.182. The molecule has 0 aliphatic carbocycles. The maximum Gasteiger partial charge on any atom is 0.251 e. The summed E-state index contributed by atoms with van der Waals surface area (Å²) >= 11 is 0. The number of H-pyrrole nitrogens is 1. The summed E-state index contributed by atoms with van der Waals surface area (Å²) in [6.07, 6.45) is 3.80. The minimum atomic E-state index is -3.71. The molecule has 30 heavy (non-hydrogen) atoms. The van der Waals surface area contributed by atoms with E-state index in [0.29, 0.717) is 12.2 Å². The average molecular weight is 425 g/mol. The fourth-order valence-corrected chi connectivity index (χ4v) is 3.98. The standard InChI is InChI=1S/C22H24N4O3S/c1-3-13-24-30(28,29)18-12-8-11-17(14-18)22(27)26-19(4-2)21-23-15-20(25-21)16-9-6-5-7-10-16/h3,5-12,14-15,19,24H,1,4,13H2,2H3,(H,23,25)(H,26,27). The van der Waals surface area contributed by atoms with Crippen LogP contribution in [0.25, 0.3) is 11.3 Å². The van der Waals surface area contributed by atoms with E-state index in [0.717, 1.165) is 11.3 Å². The molecule has 1 heterocycles. The van der Waals surface area contributed by atoms with Crippen molar-refractivity contribution in [2.45, 2.75) is 24.3 Å². The van der Waals surface area contributed by atoms with E-state index in [4.69, 9.17) is 0 Å². The Labute approximate surface area is 176 Å². The van der Waals surface area contributed by atoms with Crippen molar-refractivity contribution in [1.29, 1.82) is 0 Å². The Balaban J connectivity index is 1.77. The van der Waals surface area contributed by atoms with Gasteiger partial charge in [0.2, 0.25) is 10.0 Å². The zero-order valence-corrected chi connectivity index (χ0v) is 17.4. The van der Waals surface area contributed by atoms with Gasteiger partial charge in [-0.25, -0.2) is 18.1 Å². The summed E-state index contributed by atoms with van der Waals surface area (Å²) in [6.45, 7) is 5.55. The number of aromatic nitrogens is 2. The lowest BCUT2D eigenvalue weighted by atomic mass is 10.1. The number of nitrogens with zero attached hydrogens (tertiary/aromatic N) is 1. The molecular weight excluding hydrogens is 400 g/mol. The molecule has 1 atom stereocenters.